The Hall–Kier alpha value is -3.53. The summed E-state index contributed by atoms with van der Waals surface area (Å²) in [6, 6.07) is 11.9. The van der Waals surface area contributed by atoms with E-state index in [0.717, 1.165) is 6.92 Å². The summed E-state index contributed by atoms with van der Waals surface area (Å²) in [5.41, 5.74) is 2.36. The van der Waals surface area contributed by atoms with Gasteiger partial charge in [-0.05, 0) is 29.6 Å². The summed E-state index contributed by atoms with van der Waals surface area (Å²) in [6.45, 7) is 0.969. The Morgan fingerprint density at radius 3 is 2.72 bits per heavy atom. The van der Waals surface area contributed by atoms with Crippen LogP contribution in [0.25, 0.3) is 16.9 Å². The molecule has 3 heterocycles. The molecule has 1 unspecified atom stereocenters. The van der Waals surface area contributed by atoms with E-state index in [1.807, 2.05) is 5.38 Å². The van der Waals surface area contributed by atoms with Gasteiger partial charge in [0, 0.05) is 23.9 Å². The monoisotopic (exact) mass is 458 g/mol. The maximum absolute atomic E-state index is 12.8. The molecule has 0 fully saturated rings. The smallest absolute Gasteiger partial charge is 0.326 e. The van der Waals surface area contributed by atoms with Gasteiger partial charge in [-0.1, -0.05) is 25.1 Å². The summed E-state index contributed by atoms with van der Waals surface area (Å²) in [5.74, 6) is -2.65. The van der Waals surface area contributed by atoms with Crippen LogP contribution < -0.4 is 5.32 Å². The van der Waals surface area contributed by atoms with Crippen molar-refractivity contribution in [2.45, 2.75) is 19.5 Å². The third-order valence-corrected chi connectivity index (χ3v) is 5.75. The molecule has 3 aromatic heterocycles. The van der Waals surface area contributed by atoms with E-state index in [0.29, 0.717) is 33.0 Å². The summed E-state index contributed by atoms with van der Waals surface area (Å²) < 4.78 is 39.7. The minimum Gasteiger partial charge on any atom is -0.326 e. The number of anilines is 1. The molecule has 1 N–H and O–H groups in total. The molecule has 1 aromatic carbocycles. The largest absolute Gasteiger partial charge is 0.392 e. The second-order valence-electron chi connectivity index (χ2n) is 7.21. The minimum absolute atomic E-state index is 0.181. The minimum atomic E-state index is -4.43. The number of rotatable bonds is 6. The van der Waals surface area contributed by atoms with E-state index in [2.05, 4.69) is 15.4 Å². The summed E-state index contributed by atoms with van der Waals surface area (Å²) in [5, 5.41) is 8.63. The molecule has 1 atom stereocenters. The predicted octanol–water partition coefficient (Wildman–Crippen LogP) is 5.22. The molecule has 6 nitrogen and oxygen atoms in total. The third kappa shape index (κ3) is 4.40. The fourth-order valence-corrected chi connectivity index (χ4v) is 3.85. The molecule has 0 spiro atoms. The van der Waals surface area contributed by atoms with E-state index in [4.69, 9.17) is 0 Å². The molecular weight excluding hydrogens is 441 g/mol. The number of amides is 1. The van der Waals surface area contributed by atoms with Gasteiger partial charge in [0.25, 0.3) is 0 Å². The van der Waals surface area contributed by atoms with Crippen molar-refractivity contribution in [2.24, 2.45) is 5.92 Å². The van der Waals surface area contributed by atoms with Crippen molar-refractivity contribution >= 4 is 34.4 Å². The number of benzene rings is 1. The molecule has 1 amide bonds. The maximum atomic E-state index is 12.8. The molecule has 0 saturated heterocycles. The highest BCUT2D eigenvalue weighted by atomic mass is 32.1. The van der Waals surface area contributed by atoms with Gasteiger partial charge in [0.2, 0.25) is 11.7 Å². The molecule has 164 valence electrons. The van der Waals surface area contributed by atoms with Gasteiger partial charge < -0.3 is 5.32 Å². The van der Waals surface area contributed by atoms with Gasteiger partial charge in [0.15, 0.2) is 5.65 Å². The number of hydrogen-bond acceptors (Lipinski definition) is 5. The highest BCUT2D eigenvalue weighted by Crippen LogP contribution is 2.29. The number of aromatic nitrogens is 3. The zero-order valence-electron chi connectivity index (χ0n) is 16.8. The zero-order chi connectivity index (χ0) is 22.9. The summed E-state index contributed by atoms with van der Waals surface area (Å²) in [6.07, 6.45) is -2.09. The van der Waals surface area contributed by atoms with Crippen molar-refractivity contribution < 1.29 is 22.8 Å². The molecule has 10 heteroatoms. The van der Waals surface area contributed by atoms with Crippen LogP contribution in [-0.2, 0) is 4.79 Å². The third-order valence-electron chi connectivity index (χ3n) is 4.88. The van der Waals surface area contributed by atoms with Crippen LogP contribution in [0.3, 0.4) is 0 Å². The van der Waals surface area contributed by atoms with Gasteiger partial charge in [0.1, 0.15) is 0 Å². The van der Waals surface area contributed by atoms with Crippen LogP contribution in [0.1, 0.15) is 28.6 Å². The van der Waals surface area contributed by atoms with Gasteiger partial charge in [-0.3, -0.25) is 9.59 Å². The Bertz CT molecular complexity index is 1280. The second-order valence-corrected chi connectivity index (χ2v) is 8.15. The molecule has 32 heavy (non-hydrogen) atoms. The lowest BCUT2D eigenvalue weighted by atomic mass is 10.1. The lowest BCUT2D eigenvalue weighted by Crippen LogP contribution is -2.25. The van der Waals surface area contributed by atoms with Crippen LogP contribution in [0.2, 0.25) is 0 Å². The Morgan fingerprint density at radius 1 is 1.19 bits per heavy atom. The molecular formula is C22H17F3N4O2S. The van der Waals surface area contributed by atoms with E-state index in [-0.39, 0.29) is 5.78 Å². The fourth-order valence-electron chi connectivity index (χ4n) is 3.17. The number of fused-ring (bicyclic) bond motifs is 1. The van der Waals surface area contributed by atoms with Crippen LogP contribution in [-0.4, -0.2) is 32.5 Å². The summed E-state index contributed by atoms with van der Waals surface area (Å²) in [4.78, 5) is 29.7. The van der Waals surface area contributed by atoms with Gasteiger partial charge in [0.05, 0.1) is 28.2 Å². The van der Waals surface area contributed by atoms with Crippen molar-refractivity contribution in [3.05, 3.63) is 70.7 Å². The Kier molecular flexibility index (Phi) is 5.79. The van der Waals surface area contributed by atoms with Crippen molar-refractivity contribution in [1.29, 1.82) is 0 Å². The Balaban J connectivity index is 1.61. The van der Waals surface area contributed by atoms with E-state index < -0.39 is 24.4 Å². The fraction of sp³-hybridized carbons (Fsp3) is 0.182. The average Bonchev–Trinajstić information content (AvgIpc) is 3.42. The molecule has 0 aliphatic carbocycles. The molecule has 0 aliphatic heterocycles. The van der Waals surface area contributed by atoms with Gasteiger partial charge in [-0.15, -0.1) is 11.3 Å². The van der Waals surface area contributed by atoms with Crippen LogP contribution in [0.15, 0.2) is 60.2 Å². The normalized spacial score (nSPS) is 12.6. The van der Waals surface area contributed by atoms with E-state index >= 15 is 0 Å². The first-order valence-electron chi connectivity index (χ1n) is 9.62. The first kappa shape index (κ1) is 21.7. The van der Waals surface area contributed by atoms with E-state index in [9.17, 15) is 22.8 Å². The van der Waals surface area contributed by atoms with Gasteiger partial charge >= 0.3 is 6.18 Å². The van der Waals surface area contributed by atoms with Crippen molar-refractivity contribution in [2.75, 3.05) is 5.32 Å². The molecule has 0 radical (unpaired) electrons. The van der Waals surface area contributed by atoms with Crippen molar-refractivity contribution in [1.82, 2.24) is 14.6 Å². The quantitative estimate of drug-likeness (QED) is 0.402. The van der Waals surface area contributed by atoms with Gasteiger partial charge in [-0.25, -0.2) is 9.50 Å². The van der Waals surface area contributed by atoms with Crippen LogP contribution in [0, 0.1) is 5.92 Å². The van der Waals surface area contributed by atoms with Crippen molar-refractivity contribution in [3.8, 4) is 11.3 Å². The average molecular weight is 458 g/mol. The van der Waals surface area contributed by atoms with Crippen molar-refractivity contribution in [3.63, 3.8) is 0 Å². The first-order chi connectivity index (χ1) is 15.2. The van der Waals surface area contributed by atoms with E-state index in [1.54, 1.807) is 48.7 Å². The molecule has 4 aromatic rings. The molecule has 0 saturated carbocycles. The lowest BCUT2D eigenvalue weighted by molar-refractivity contribution is -0.173. The predicted molar refractivity (Wildman–Crippen MR) is 115 cm³/mol. The molecule has 0 aliphatic rings. The summed E-state index contributed by atoms with van der Waals surface area (Å²) in [7, 11) is 0. The van der Waals surface area contributed by atoms with E-state index in [1.165, 1.54) is 22.0 Å². The first-order valence-corrected chi connectivity index (χ1v) is 10.5. The molecule has 0 bridgehead atoms. The highest BCUT2D eigenvalue weighted by Gasteiger charge is 2.37. The number of alkyl halides is 3. The number of nitrogens with one attached hydrogen (secondary N) is 1. The standard InChI is InChI=1S/C22H17F3N4O2S/c1-13(22(23,24)25)10-19(30)28-15-5-2-4-14(11-15)17-7-8-26-21-16(12-27-29(17)21)20(31)18-6-3-9-32-18/h2-9,11-13H,10H2,1H3,(H,28,30). The number of thiophene rings is 1. The van der Waals surface area contributed by atoms with Crippen LogP contribution >= 0.6 is 11.3 Å². The Morgan fingerprint density at radius 2 is 2.00 bits per heavy atom. The lowest BCUT2D eigenvalue weighted by Gasteiger charge is -2.15. The molecule has 4 rings (SSSR count). The summed E-state index contributed by atoms with van der Waals surface area (Å²) >= 11 is 1.33. The maximum Gasteiger partial charge on any atom is 0.392 e. The second kappa shape index (κ2) is 8.54. The number of ketones is 1. The highest BCUT2D eigenvalue weighted by molar-refractivity contribution is 7.12. The topological polar surface area (TPSA) is 76.4 Å². The number of carbonyl (C=O) groups excluding carboxylic acids is 2. The Labute approximate surface area is 184 Å². The van der Waals surface area contributed by atoms with Gasteiger partial charge in [-0.2, -0.15) is 18.3 Å². The number of carbonyl (C=O) groups is 2. The number of nitrogens with zero attached hydrogens (tertiary/aromatic N) is 3. The number of hydrogen-bond donors (Lipinski definition) is 1. The van der Waals surface area contributed by atoms with Crippen LogP contribution in [0.5, 0.6) is 0 Å². The van der Waals surface area contributed by atoms with Crippen LogP contribution in [0.4, 0.5) is 18.9 Å². The SMILES string of the molecule is CC(CC(=O)Nc1cccc(-c2ccnc3c(C(=O)c4cccs4)cnn23)c1)C(F)(F)F. The number of halogens is 3. The zero-order valence-corrected chi connectivity index (χ0v) is 17.6.